The molecule has 0 bridgehead atoms. The van der Waals surface area contributed by atoms with Crippen molar-refractivity contribution >= 4 is 23.5 Å². The summed E-state index contributed by atoms with van der Waals surface area (Å²) in [6.45, 7) is 9.41. The summed E-state index contributed by atoms with van der Waals surface area (Å²) < 4.78 is 46.9. The quantitative estimate of drug-likeness (QED) is 0.390. The minimum absolute atomic E-state index is 0.0488. The van der Waals surface area contributed by atoms with Gasteiger partial charge in [0.2, 0.25) is 0 Å². The van der Waals surface area contributed by atoms with E-state index in [-0.39, 0.29) is 5.75 Å². The number of benzene rings is 1. The molecule has 0 spiro atoms. The maximum Gasteiger partial charge on any atom is 0.536 e. The van der Waals surface area contributed by atoms with Gasteiger partial charge in [0.15, 0.2) is 0 Å². The van der Waals surface area contributed by atoms with Crippen LogP contribution in [0.4, 0.5) is 0 Å². The fourth-order valence-electron chi connectivity index (χ4n) is 2.45. The summed E-state index contributed by atoms with van der Waals surface area (Å²) in [5, 5.41) is 0. The molecule has 0 fully saturated rings. The molecule has 2 unspecified atom stereocenters. The molecule has 1 aromatic rings. The van der Waals surface area contributed by atoms with E-state index in [1.807, 2.05) is 26.8 Å². The summed E-state index contributed by atoms with van der Waals surface area (Å²) in [6.07, 6.45) is 2.76. The molecule has 0 aliphatic rings. The Hall–Kier alpha value is -0.530. The molecular weight excluding hydrogens is 433 g/mol. The Balaban J connectivity index is 3.25. The second kappa shape index (κ2) is 9.09. The smallest absolute Gasteiger partial charge is 0.404 e. The third-order valence-electron chi connectivity index (χ3n) is 3.68. The topological polar surface area (TPSA) is 160 Å². The predicted octanol–water partition coefficient (Wildman–Crippen LogP) is 4.34. The SMILES string of the molecule is CCCCc1cc(C(C)(C)C)c(OP(=O)(O)OP(=O)(O)OP(=O)(O)O)cc1C. The lowest BCUT2D eigenvalue weighted by atomic mass is 9.84. The van der Waals surface area contributed by atoms with Crippen LogP contribution in [0.2, 0.25) is 0 Å². The normalized spacial score (nSPS) is 17.0. The molecule has 1 rings (SSSR count). The zero-order valence-corrected chi connectivity index (χ0v) is 19.0. The predicted molar refractivity (Wildman–Crippen MR) is 103 cm³/mol. The van der Waals surface area contributed by atoms with E-state index in [4.69, 9.17) is 14.3 Å². The molecule has 10 nitrogen and oxygen atoms in total. The second-order valence-corrected chi connectivity index (χ2v) is 11.7. The second-order valence-electron chi connectivity index (χ2n) is 7.31. The highest BCUT2D eigenvalue weighted by Crippen LogP contribution is 2.66. The maximum atomic E-state index is 12.2. The zero-order valence-electron chi connectivity index (χ0n) is 16.4. The summed E-state index contributed by atoms with van der Waals surface area (Å²) in [4.78, 5) is 36.3. The first kappa shape index (κ1) is 25.5. The molecule has 13 heteroatoms. The van der Waals surface area contributed by atoms with Crippen LogP contribution >= 0.6 is 23.5 Å². The van der Waals surface area contributed by atoms with Crippen molar-refractivity contribution in [3.63, 3.8) is 0 Å². The van der Waals surface area contributed by atoms with E-state index in [2.05, 4.69) is 15.5 Å². The standard InChI is InChI=1S/C15H27O10P3/c1-6-7-8-12-10-13(15(3,4)5)14(9-11(12)2)23-27(19,20)25-28(21,22)24-26(16,17)18/h9-10H,6-8H2,1-5H3,(H,19,20)(H,21,22)(H2,16,17,18). The minimum Gasteiger partial charge on any atom is -0.404 e. The average molecular weight is 460 g/mol. The largest absolute Gasteiger partial charge is 0.536 e. The Morgan fingerprint density at radius 1 is 0.964 bits per heavy atom. The van der Waals surface area contributed by atoms with E-state index >= 15 is 0 Å². The Morgan fingerprint density at radius 3 is 2.00 bits per heavy atom. The van der Waals surface area contributed by atoms with Gasteiger partial charge in [0.1, 0.15) is 5.75 Å². The molecule has 2 atom stereocenters. The molecule has 0 aromatic heterocycles. The summed E-state index contributed by atoms with van der Waals surface area (Å²) >= 11 is 0. The van der Waals surface area contributed by atoms with Crippen molar-refractivity contribution < 1.29 is 46.4 Å². The van der Waals surface area contributed by atoms with Crippen molar-refractivity contribution in [2.45, 2.75) is 59.3 Å². The van der Waals surface area contributed by atoms with Crippen molar-refractivity contribution in [2.75, 3.05) is 0 Å². The minimum atomic E-state index is -5.57. The van der Waals surface area contributed by atoms with Gasteiger partial charge in [-0.2, -0.15) is 8.62 Å². The number of rotatable bonds is 9. The van der Waals surface area contributed by atoms with Gasteiger partial charge in [-0.15, -0.1) is 0 Å². The van der Waals surface area contributed by atoms with Crippen LogP contribution in [0, 0.1) is 6.92 Å². The molecule has 0 saturated heterocycles. The lowest BCUT2D eigenvalue weighted by Gasteiger charge is -2.26. The van der Waals surface area contributed by atoms with E-state index < -0.39 is 28.9 Å². The Kier molecular flexibility index (Phi) is 8.28. The molecule has 1 aromatic carbocycles. The van der Waals surface area contributed by atoms with Gasteiger partial charge in [-0.05, 0) is 42.4 Å². The molecular formula is C15H27O10P3. The number of hydrogen-bond donors (Lipinski definition) is 4. The first-order valence-electron chi connectivity index (χ1n) is 8.43. The van der Waals surface area contributed by atoms with Gasteiger partial charge >= 0.3 is 23.5 Å². The molecule has 28 heavy (non-hydrogen) atoms. The number of aryl methyl sites for hydroxylation is 2. The fraction of sp³-hybridized carbons (Fsp3) is 0.600. The van der Waals surface area contributed by atoms with Crippen molar-refractivity contribution in [2.24, 2.45) is 0 Å². The molecule has 0 saturated carbocycles. The van der Waals surface area contributed by atoms with E-state index in [1.54, 1.807) is 6.92 Å². The summed E-state index contributed by atoms with van der Waals surface area (Å²) in [6, 6.07) is 3.36. The zero-order chi connectivity index (χ0) is 22.0. The number of hydrogen-bond acceptors (Lipinski definition) is 6. The maximum absolute atomic E-state index is 12.2. The molecule has 0 amide bonds. The molecule has 0 heterocycles. The van der Waals surface area contributed by atoms with E-state index in [0.29, 0.717) is 5.56 Å². The summed E-state index contributed by atoms with van der Waals surface area (Å²) in [5.74, 6) is -0.0488. The molecule has 0 aliphatic carbocycles. The van der Waals surface area contributed by atoms with Crippen molar-refractivity contribution in [3.8, 4) is 5.75 Å². The average Bonchev–Trinajstić information content (AvgIpc) is 2.40. The van der Waals surface area contributed by atoms with Crippen molar-refractivity contribution in [1.29, 1.82) is 0 Å². The lowest BCUT2D eigenvalue weighted by Crippen LogP contribution is -2.14. The van der Waals surface area contributed by atoms with Crippen LogP contribution in [-0.4, -0.2) is 19.6 Å². The molecule has 162 valence electrons. The van der Waals surface area contributed by atoms with Gasteiger partial charge in [-0.25, -0.2) is 13.7 Å². The Morgan fingerprint density at radius 2 is 1.54 bits per heavy atom. The first-order valence-corrected chi connectivity index (χ1v) is 13.0. The third-order valence-corrected chi connectivity index (χ3v) is 7.43. The van der Waals surface area contributed by atoms with Gasteiger partial charge < -0.3 is 19.2 Å². The number of phosphoric ester groups is 1. The van der Waals surface area contributed by atoms with Gasteiger partial charge in [0.05, 0.1) is 0 Å². The van der Waals surface area contributed by atoms with E-state index in [1.165, 1.54) is 6.07 Å². The van der Waals surface area contributed by atoms with E-state index in [0.717, 1.165) is 30.4 Å². The molecule has 4 N–H and O–H groups in total. The summed E-state index contributed by atoms with van der Waals surface area (Å²) in [7, 11) is -16.3. The van der Waals surface area contributed by atoms with Gasteiger partial charge in [-0.1, -0.05) is 40.2 Å². The lowest BCUT2D eigenvalue weighted by molar-refractivity contribution is 0.206. The first-order chi connectivity index (χ1) is 12.5. The van der Waals surface area contributed by atoms with Crippen LogP contribution in [0.25, 0.3) is 0 Å². The Bertz CT molecular complexity index is 839. The number of phosphoric acid groups is 3. The third kappa shape index (κ3) is 8.46. The highest BCUT2D eigenvalue weighted by Gasteiger charge is 2.42. The monoisotopic (exact) mass is 460 g/mol. The van der Waals surface area contributed by atoms with Crippen LogP contribution < -0.4 is 4.52 Å². The van der Waals surface area contributed by atoms with E-state index in [9.17, 15) is 23.5 Å². The van der Waals surface area contributed by atoms with Crippen LogP contribution in [0.3, 0.4) is 0 Å². The van der Waals surface area contributed by atoms with Crippen molar-refractivity contribution in [1.82, 2.24) is 0 Å². The molecule has 0 aliphatic heterocycles. The highest BCUT2D eigenvalue weighted by atomic mass is 31.3. The summed E-state index contributed by atoms with van der Waals surface area (Å²) in [5.41, 5.74) is 1.88. The van der Waals surface area contributed by atoms with Crippen molar-refractivity contribution in [3.05, 3.63) is 28.8 Å². The molecule has 0 radical (unpaired) electrons. The van der Waals surface area contributed by atoms with Crippen LogP contribution in [0.5, 0.6) is 5.75 Å². The van der Waals surface area contributed by atoms with Crippen LogP contribution in [-0.2, 0) is 34.2 Å². The highest BCUT2D eigenvalue weighted by molar-refractivity contribution is 7.66. The van der Waals surface area contributed by atoms with Crippen LogP contribution in [0.1, 0.15) is 57.2 Å². The van der Waals surface area contributed by atoms with Crippen LogP contribution in [0.15, 0.2) is 12.1 Å². The van der Waals surface area contributed by atoms with Gasteiger partial charge in [0.25, 0.3) is 0 Å². The van der Waals surface area contributed by atoms with Gasteiger partial charge in [0, 0.05) is 5.56 Å². The van der Waals surface area contributed by atoms with Gasteiger partial charge in [-0.3, -0.25) is 4.89 Å². The Labute approximate surface area is 164 Å². The fourth-order valence-corrected chi connectivity index (χ4v) is 5.48. The number of unbranched alkanes of at least 4 members (excludes halogenated alkanes) is 1.